The lowest BCUT2D eigenvalue weighted by molar-refractivity contribution is 0.0635. The van der Waals surface area contributed by atoms with Crippen molar-refractivity contribution in [2.24, 2.45) is 5.92 Å². The molecule has 0 aromatic heterocycles. The lowest BCUT2D eigenvalue weighted by atomic mass is 9.94. The molecule has 5 nitrogen and oxygen atoms in total. The summed E-state index contributed by atoms with van der Waals surface area (Å²) >= 11 is 0. The number of allylic oxidation sites excluding steroid dienone is 2. The molecule has 1 aliphatic rings. The minimum Gasteiger partial charge on any atom is -0.495 e. The molecular formula is C19H28N2O3. The Morgan fingerprint density at radius 1 is 1.29 bits per heavy atom. The van der Waals surface area contributed by atoms with Gasteiger partial charge in [-0.1, -0.05) is 12.2 Å². The molecule has 2 N–H and O–H groups in total. The summed E-state index contributed by atoms with van der Waals surface area (Å²) in [5, 5.41) is 6.21. The summed E-state index contributed by atoms with van der Waals surface area (Å²) in [5.74, 6) is 1.26. The number of hydrogen-bond donors (Lipinski definition) is 2. The Labute approximate surface area is 144 Å². The van der Waals surface area contributed by atoms with E-state index in [-0.39, 0.29) is 0 Å². The van der Waals surface area contributed by atoms with E-state index in [0.717, 1.165) is 25.1 Å². The van der Waals surface area contributed by atoms with E-state index >= 15 is 0 Å². The van der Waals surface area contributed by atoms with Crippen LogP contribution in [0.15, 0.2) is 30.4 Å². The predicted octanol–water partition coefficient (Wildman–Crippen LogP) is 4.81. The molecule has 0 heterocycles. The number of benzene rings is 1. The summed E-state index contributed by atoms with van der Waals surface area (Å²) < 4.78 is 10.6. The highest BCUT2D eigenvalue weighted by molar-refractivity contribution is 5.88. The number of ether oxygens (including phenoxy) is 2. The highest BCUT2D eigenvalue weighted by Gasteiger charge is 2.18. The van der Waals surface area contributed by atoms with Gasteiger partial charge in [0.15, 0.2) is 0 Å². The summed E-state index contributed by atoms with van der Waals surface area (Å²) in [7, 11) is 1.58. The summed E-state index contributed by atoms with van der Waals surface area (Å²) in [6.45, 7) is 6.42. The Morgan fingerprint density at radius 2 is 2.08 bits per heavy atom. The zero-order valence-electron chi connectivity index (χ0n) is 15.0. The number of carbonyl (C=O) groups is 1. The number of carbonyl (C=O) groups excluding carboxylic acids is 1. The third kappa shape index (κ3) is 5.80. The van der Waals surface area contributed by atoms with Gasteiger partial charge in [0, 0.05) is 12.2 Å². The minimum atomic E-state index is -0.540. The van der Waals surface area contributed by atoms with Crippen LogP contribution in [0.4, 0.5) is 16.2 Å². The van der Waals surface area contributed by atoms with Gasteiger partial charge in [0.25, 0.3) is 0 Å². The van der Waals surface area contributed by atoms with E-state index in [0.29, 0.717) is 17.4 Å². The molecule has 5 heteroatoms. The maximum Gasteiger partial charge on any atom is 0.412 e. The number of nitrogens with one attached hydrogen (secondary N) is 2. The quantitative estimate of drug-likeness (QED) is 0.760. The van der Waals surface area contributed by atoms with E-state index < -0.39 is 11.7 Å². The fourth-order valence-electron chi connectivity index (χ4n) is 2.63. The third-order valence-corrected chi connectivity index (χ3v) is 3.81. The average Bonchev–Trinajstić information content (AvgIpc) is 2.52. The Balaban J connectivity index is 2.00. The molecule has 0 saturated carbocycles. The zero-order chi connectivity index (χ0) is 17.6. The molecular weight excluding hydrogens is 304 g/mol. The van der Waals surface area contributed by atoms with Crippen molar-refractivity contribution in [3.8, 4) is 5.75 Å². The van der Waals surface area contributed by atoms with Gasteiger partial charge in [-0.05, 0) is 64.2 Å². The van der Waals surface area contributed by atoms with Crippen LogP contribution in [-0.4, -0.2) is 25.3 Å². The van der Waals surface area contributed by atoms with Crippen molar-refractivity contribution >= 4 is 17.5 Å². The summed E-state index contributed by atoms with van der Waals surface area (Å²) in [6, 6.07) is 5.68. The van der Waals surface area contributed by atoms with E-state index in [1.807, 2.05) is 39.0 Å². The predicted molar refractivity (Wildman–Crippen MR) is 97.8 cm³/mol. The second kappa shape index (κ2) is 8.08. The van der Waals surface area contributed by atoms with Crippen LogP contribution in [0.2, 0.25) is 0 Å². The van der Waals surface area contributed by atoms with E-state index in [4.69, 9.17) is 9.47 Å². The number of methoxy groups -OCH3 is 1. The number of anilines is 2. The largest absolute Gasteiger partial charge is 0.495 e. The first-order chi connectivity index (χ1) is 11.4. The molecule has 1 aliphatic carbocycles. The SMILES string of the molecule is COc1ccc(NCC2CC=CCC2)cc1NC(=O)OC(C)(C)C. The molecule has 0 spiro atoms. The molecule has 132 valence electrons. The van der Waals surface area contributed by atoms with E-state index in [1.165, 1.54) is 6.42 Å². The Bertz CT molecular complexity index is 591. The van der Waals surface area contributed by atoms with Crippen LogP contribution >= 0.6 is 0 Å². The van der Waals surface area contributed by atoms with Gasteiger partial charge >= 0.3 is 6.09 Å². The molecule has 0 saturated heterocycles. The first kappa shape index (κ1) is 18.2. The first-order valence-corrected chi connectivity index (χ1v) is 8.44. The van der Waals surface area contributed by atoms with Crippen LogP contribution in [-0.2, 0) is 4.74 Å². The molecule has 1 aromatic rings. The van der Waals surface area contributed by atoms with E-state index in [2.05, 4.69) is 22.8 Å². The monoisotopic (exact) mass is 332 g/mol. The standard InChI is InChI=1S/C19H28N2O3/c1-19(2,3)24-18(22)21-16-12-15(10-11-17(16)23-4)20-13-14-8-6-5-7-9-14/h5-6,10-12,14,20H,7-9,13H2,1-4H3,(H,21,22). The van der Waals surface area contributed by atoms with Gasteiger partial charge in [0.2, 0.25) is 0 Å². The molecule has 1 unspecified atom stereocenters. The summed E-state index contributed by atoms with van der Waals surface area (Å²) in [4.78, 5) is 12.0. The molecule has 0 bridgehead atoms. The Morgan fingerprint density at radius 3 is 2.71 bits per heavy atom. The summed E-state index contributed by atoms with van der Waals surface area (Å²) in [6.07, 6.45) is 7.48. The Hall–Kier alpha value is -2.17. The second-order valence-corrected chi connectivity index (χ2v) is 7.07. The smallest absolute Gasteiger partial charge is 0.412 e. The average molecular weight is 332 g/mol. The normalized spacial score (nSPS) is 17.2. The highest BCUT2D eigenvalue weighted by atomic mass is 16.6. The highest BCUT2D eigenvalue weighted by Crippen LogP contribution is 2.29. The van der Waals surface area contributed by atoms with E-state index in [9.17, 15) is 4.79 Å². The fraction of sp³-hybridized carbons (Fsp3) is 0.526. The number of hydrogen-bond acceptors (Lipinski definition) is 4. The van der Waals surface area contributed by atoms with Gasteiger partial charge in [0.1, 0.15) is 11.4 Å². The molecule has 1 amide bonds. The third-order valence-electron chi connectivity index (χ3n) is 3.81. The molecule has 1 atom stereocenters. The van der Waals surface area contributed by atoms with E-state index in [1.54, 1.807) is 7.11 Å². The molecule has 0 aliphatic heterocycles. The van der Waals surface area contributed by atoms with Crippen LogP contribution in [0.5, 0.6) is 5.75 Å². The van der Waals surface area contributed by atoms with Gasteiger partial charge in [-0.25, -0.2) is 4.79 Å². The van der Waals surface area contributed by atoms with Gasteiger partial charge in [-0.15, -0.1) is 0 Å². The van der Waals surface area contributed by atoms with Crippen molar-refractivity contribution < 1.29 is 14.3 Å². The molecule has 24 heavy (non-hydrogen) atoms. The van der Waals surface area contributed by atoms with Crippen LogP contribution in [0, 0.1) is 5.92 Å². The molecule has 2 rings (SSSR count). The Kier molecular flexibility index (Phi) is 6.12. The van der Waals surface area contributed by atoms with Crippen LogP contribution in [0.3, 0.4) is 0 Å². The van der Waals surface area contributed by atoms with Gasteiger partial charge in [0.05, 0.1) is 12.8 Å². The van der Waals surface area contributed by atoms with Crippen LogP contribution in [0.25, 0.3) is 0 Å². The maximum absolute atomic E-state index is 12.0. The maximum atomic E-state index is 12.0. The topological polar surface area (TPSA) is 59.6 Å². The molecule has 0 radical (unpaired) electrons. The lowest BCUT2D eigenvalue weighted by Crippen LogP contribution is -2.27. The van der Waals surface area contributed by atoms with Gasteiger partial charge < -0.3 is 14.8 Å². The fourth-order valence-corrected chi connectivity index (χ4v) is 2.63. The van der Waals surface area contributed by atoms with Gasteiger partial charge in [-0.2, -0.15) is 0 Å². The first-order valence-electron chi connectivity index (χ1n) is 8.44. The van der Waals surface area contributed by atoms with Crippen molar-refractivity contribution in [3.63, 3.8) is 0 Å². The van der Waals surface area contributed by atoms with Crippen molar-refractivity contribution in [1.29, 1.82) is 0 Å². The minimum absolute atomic E-state index is 0.490. The lowest BCUT2D eigenvalue weighted by Gasteiger charge is -2.21. The van der Waals surface area contributed by atoms with Crippen molar-refractivity contribution in [2.45, 2.75) is 45.6 Å². The zero-order valence-corrected chi connectivity index (χ0v) is 15.0. The van der Waals surface area contributed by atoms with Gasteiger partial charge in [-0.3, -0.25) is 5.32 Å². The van der Waals surface area contributed by atoms with Crippen molar-refractivity contribution in [2.75, 3.05) is 24.3 Å². The van der Waals surface area contributed by atoms with Crippen LogP contribution < -0.4 is 15.4 Å². The van der Waals surface area contributed by atoms with Crippen molar-refractivity contribution in [3.05, 3.63) is 30.4 Å². The number of rotatable bonds is 5. The molecule has 1 aromatic carbocycles. The second-order valence-electron chi connectivity index (χ2n) is 7.07. The number of amides is 1. The van der Waals surface area contributed by atoms with Crippen molar-refractivity contribution in [1.82, 2.24) is 0 Å². The van der Waals surface area contributed by atoms with Crippen LogP contribution in [0.1, 0.15) is 40.0 Å². The summed E-state index contributed by atoms with van der Waals surface area (Å²) in [5.41, 5.74) is 1.01. The molecule has 0 fully saturated rings.